The first-order chi connectivity index (χ1) is 18.6. The minimum absolute atomic E-state index is 0. The average Bonchev–Trinajstić information content (AvgIpc) is 3.15. The minimum Gasteiger partial charge on any atom is -0.776 e. The number of anilines is 1. The minimum atomic E-state index is -5.85. The van der Waals surface area contributed by atoms with Crippen molar-refractivity contribution in [2.24, 2.45) is 0 Å². The second-order valence-electron chi connectivity index (χ2n) is 9.29. The number of aliphatic hydroxyl groups excluding tert-OH is 6. The molecule has 1 aromatic rings. The van der Waals surface area contributed by atoms with E-state index in [0.717, 1.165) is 17.7 Å². The van der Waals surface area contributed by atoms with E-state index >= 15 is 0 Å². The van der Waals surface area contributed by atoms with Crippen molar-refractivity contribution in [3.63, 3.8) is 0 Å². The summed E-state index contributed by atoms with van der Waals surface area (Å²) in [6.07, 6.45) is -15.2. The van der Waals surface area contributed by atoms with Crippen LogP contribution < -0.4 is 51.2 Å². The Morgan fingerprint density at radius 3 is 2.51 bits per heavy atom. The van der Waals surface area contributed by atoms with Crippen molar-refractivity contribution in [2.75, 3.05) is 18.9 Å². The van der Waals surface area contributed by atoms with Crippen LogP contribution >= 0.6 is 7.60 Å². The molecule has 0 bridgehead atoms. The summed E-state index contributed by atoms with van der Waals surface area (Å²) in [5.41, 5.74) is 4.44. The van der Waals surface area contributed by atoms with Gasteiger partial charge in [-0.2, -0.15) is 4.98 Å². The molecule has 1 amide bonds. The van der Waals surface area contributed by atoms with Gasteiger partial charge in [-0.15, -0.1) is 0 Å². The molecular formula is C20H30N4NaO15P. The monoisotopic (exact) mass is 620 g/mol. The van der Waals surface area contributed by atoms with Crippen LogP contribution in [0.4, 0.5) is 5.82 Å². The van der Waals surface area contributed by atoms with Crippen LogP contribution in [0.1, 0.15) is 19.6 Å². The SMILES string of the molecule is CC(=O)N[C@H]1C([C@H](O)[C@H](O)CO)O[C@](C(=O)O)(P(=O)([O-])OC[C@H]2O[C@@H](n3ccc(N)nc3=O)C(O)C2O)C[C@H]1O.[Na+]. The molecule has 41 heavy (non-hydrogen) atoms. The Morgan fingerprint density at radius 2 is 1.98 bits per heavy atom. The molecular weight excluding hydrogens is 590 g/mol. The molecule has 3 rings (SSSR count). The van der Waals surface area contributed by atoms with Crippen LogP contribution in [0.5, 0.6) is 0 Å². The van der Waals surface area contributed by atoms with E-state index in [2.05, 4.69) is 10.3 Å². The van der Waals surface area contributed by atoms with Gasteiger partial charge in [0.15, 0.2) is 13.8 Å². The van der Waals surface area contributed by atoms with Crippen LogP contribution in [-0.4, -0.2) is 124 Å². The summed E-state index contributed by atoms with van der Waals surface area (Å²) in [4.78, 5) is 52.7. The van der Waals surface area contributed by atoms with Crippen molar-refractivity contribution >= 4 is 25.3 Å². The first-order valence-electron chi connectivity index (χ1n) is 11.7. The van der Waals surface area contributed by atoms with Gasteiger partial charge in [0.1, 0.15) is 42.4 Å². The largest absolute Gasteiger partial charge is 1.00 e. The Labute approximate surface area is 253 Å². The molecule has 2 aliphatic rings. The third-order valence-corrected chi connectivity index (χ3v) is 8.37. The van der Waals surface area contributed by atoms with Gasteiger partial charge in [0.05, 0.1) is 25.4 Å². The van der Waals surface area contributed by atoms with Crippen molar-refractivity contribution in [2.45, 2.75) is 73.7 Å². The fourth-order valence-corrected chi connectivity index (χ4v) is 5.87. The fourth-order valence-electron chi connectivity index (χ4n) is 4.42. The average molecular weight is 620 g/mol. The van der Waals surface area contributed by atoms with E-state index in [4.69, 9.17) is 19.7 Å². The number of carbonyl (C=O) groups is 2. The quantitative estimate of drug-likeness (QED) is 0.0866. The Balaban J connectivity index is 0.00000588. The molecule has 0 saturated carbocycles. The van der Waals surface area contributed by atoms with Crippen LogP contribution in [0, 0.1) is 0 Å². The zero-order valence-corrected chi connectivity index (χ0v) is 24.7. The van der Waals surface area contributed by atoms with Gasteiger partial charge in [-0.1, -0.05) is 0 Å². The van der Waals surface area contributed by atoms with E-state index in [1.807, 2.05) is 0 Å². The molecule has 0 aromatic carbocycles. The fraction of sp³-hybridized carbons (Fsp3) is 0.700. The number of hydrogen-bond donors (Lipinski definition) is 9. The zero-order chi connectivity index (χ0) is 30.2. The van der Waals surface area contributed by atoms with Crippen LogP contribution in [0.25, 0.3) is 0 Å². The number of carboxylic acid groups (broad SMARTS) is 1. The number of hydrogen-bond acceptors (Lipinski definition) is 16. The molecule has 4 unspecified atom stereocenters. The number of nitrogens with one attached hydrogen (secondary N) is 1. The maximum absolute atomic E-state index is 13.2. The third kappa shape index (κ3) is 7.16. The van der Waals surface area contributed by atoms with Crippen LogP contribution in [0.3, 0.4) is 0 Å². The Bertz CT molecular complexity index is 1210. The van der Waals surface area contributed by atoms with Crippen molar-refractivity contribution in [3.8, 4) is 0 Å². The third-order valence-electron chi connectivity index (χ3n) is 6.52. The van der Waals surface area contributed by atoms with E-state index in [0.29, 0.717) is 0 Å². The first-order valence-corrected chi connectivity index (χ1v) is 13.3. The standard InChI is InChI=1S/C20H31N4O15P.Na/c1-7(26)22-12-8(27)4-20(18(32)33,39-16(12)13(29)9(28)5-25)40(35,36)37-6-10-14(30)15(31)17(38-10)24-3-2-11(21)23-19(24)34;/h2-3,8-10,12-17,25,27-31H,4-6H2,1H3,(H,22,26)(H,32,33)(H,35,36)(H2,21,23,34);/q;+1/p-1/t8-,9-,10-,12-,13-,14?,15?,16?,17-,20+;/m1./s1. The van der Waals surface area contributed by atoms with Crippen LogP contribution in [0.15, 0.2) is 17.1 Å². The van der Waals surface area contributed by atoms with Gasteiger partial charge >= 0.3 is 41.2 Å². The van der Waals surface area contributed by atoms with Crippen LogP contribution in [-0.2, 0) is 28.2 Å². The Hall–Kier alpha value is -1.55. The predicted octanol–water partition coefficient (Wildman–Crippen LogP) is -8.83. The summed E-state index contributed by atoms with van der Waals surface area (Å²) in [7, 11) is -5.85. The molecule has 3 heterocycles. The summed E-state index contributed by atoms with van der Waals surface area (Å²) in [5.74, 6) is -3.14. The second-order valence-corrected chi connectivity index (χ2v) is 11.3. The van der Waals surface area contributed by atoms with E-state index in [1.165, 1.54) is 6.07 Å². The molecule has 0 aliphatic carbocycles. The van der Waals surface area contributed by atoms with E-state index < -0.39 is 105 Å². The number of amides is 1. The van der Waals surface area contributed by atoms with E-state index in [-0.39, 0.29) is 35.4 Å². The molecule has 2 saturated heterocycles. The number of nitrogens with two attached hydrogens (primary N) is 1. The number of nitrogen functional groups attached to an aromatic ring is 1. The summed E-state index contributed by atoms with van der Waals surface area (Å²) in [6.45, 7) is -1.19. The molecule has 2 fully saturated rings. The molecule has 2 aliphatic heterocycles. The number of rotatable bonds is 10. The molecule has 19 nitrogen and oxygen atoms in total. The number of aliphatic hydroxyl groups is 6. The van der Waals surface area contributed by atoms with Crippen molar-refractivity contribution in [1.82, 2.24) is 14.9 Å². The van der Waals surface area contributed by atoms with E-state index in [9.17, 15) is 59.6 Å². The molecule has 21 heteroatoms. The normalized spacial score (nSPS) is 34.6. The Morgan fingerprint density at radius 1 is 1.34 bits per heavy atom. The van der Waals surface area contributed by atoms with Gasteiger partial charge in [-0.3, -0.25) is 9.36 Å². The summed E-state index contributed by atoms with van der Waals surface area (Å²) < 4.78 is 29.4. The topological polar surface area (TPSA) is 317 Å². The number of nitrogens with zero attached hydrogens (tertiary/aromatic N) is 2. The zero-order valence-electron chi connectivity index (χ0n) is 21.8. The first kappa shape index (κ1) is 35.6. The Kier molecular flexibility index (Phi) is 12.0. The van der Waals surface area contributed by atoms with E-state index in [1.54, 1.807) is 0 Å². The second kappa shape index (κ2) is 13.8. The van der Waals surface area contributed by atoms with Gasteiger partial charge < -0.3 is 70.3 Å². The smallest absolute Gasteiger partial charge is 0.776 e. The molecule has 0 spiro atoms. The number of ether oxygens (including phenoxy) is 2. The molecule has 226 valence electrons. The van der Waals surface area contributed by atoms with Crippen molar-refractivity contribution in [3.05, 3.63) is 22.7 Å². The van der Waals surface area contributed by atoms with Gasteiger partial charge in [0.25, 0.3) is 0 Å². The van der Waals surface area contributed by atoms with Gasteiger partial charge in [0, 0.05) is 19.5 Å². The molecule has 1 aromatic heterocycles. The number of carbonyl (C=O) groups excluding carboxylic acids is 1. The summed E-state index contributed by atoms with van der Waals surface area (Å²) >= 11 is 0. The van der Waals surface area contributed by atoms with Gasteiger partial charge in [0.2, 0.25) is 11.2 Å². The summed E-state index contributed by atoms with van der Waals surface area (Å²) in [6, 6.07) is -0.432. The maximum atomic E-state index is 13.2. The number of carboxylic acids is 1. The molecule has 0 radical (unpaired) electrons. The number of aliphatic carboxylic acids is 1. The van der Waals surface area contributed by atoms with Crippen molar-refractivity contribution in [1.29, 1.82) is 0 Å². The molecule has 10 N–H and O–H groups in total. The number of aromatic nitrogens is 2. The van der Waals surface area contributed by atoms with Crippen molar-refractivity contribution < 1.29 is 98.3 Å². The van der Waals surface area contributed by atoms with Crippen LogP contribution in [0.2, 0.25) is 0 Å². The summed E-state index contributed by atoms with van der Waals surface area (Å²) in [5, 5.41) is 69.5. The molecule has 11 atom stereocenters. The maximum Gasteiger partial charge on any atom is 1.00 e. The van der Waals surface area contributed by atoms with Gasteiger partial charge in [-0.05, 0) is 6.07 Å². The predicted molar refractivity (Wildman–Crippen MR) is 125 cm³/mol. The van der Waals surface area contributed by atoms with Gasteiger partial charge in [-0.25, -0.2) is 9.59 Å².